The largest absolute Gasteiger partial charge is 0.281 e. The number of rotatable bonds is 2. The molecule has 0 aliphatic carbocycles. The van der Waals surface area contributed by atoms with E-state index < -0.39 is 0 Å². The van der Waals surface area contributed by atoms with Crippen molar-refractivity contribution in [3.8, 4) is 0 Å². The molecule has 6 heteroatoms. The molecule has 0 amide bonds. The van der Waals surface area contributed by atoms with E-state index in [4.69, 9.17) is 23.2 Å². The van der Waals surface area contributed by atoms with E-state index in [-0.39, 0.29) is 10.7 Å². The van der Waals surface area contributed by atoms with E-state index in [0.29, 0.717) is 16.0 Å². The van der Waals surface area contributed by atoms with Gasteiger partial charge in [-0.05, 0) is 39.7 Å². The molecular formula is C11H7BrCl2N2O. The van der Waals surface area contributed by atoms with Gasteiger partial charge in [0.2, 0.25) is 0 Å². The van der Waals surface area contributed by atoms with E-state index >= 15 is 0 Å². The molecule has 0 saturated carbocycles. The first-order valence-electron chi connectivity index (χ1n) is 4.74. The lowest BCUT2D eigenvalue weighted by Crippen LogP contribution is -2.24. The maximum Gasteiger partial charge on any atom is 0.281 e. The second-order valence-corrected chi connectivity index (χ2v) is 5.09. The topological polar surface area (TPSA) is 34.9 Å². The van der Waals surface area contributed by atoms with Gasteiger partial charge in [-0.1, -0.05) is 35.3 Å². The van der Waals surface area contributed by atoms with Crippen molar-refractivity contribution in [3.63, 3.8) is 0 Å². The van der Waals surface area contributed by atoms with Crippen LogP contribution < -0.4 is 5.56 Å². The summed E-state index contributed by atoms with van der Waals surface area (Å²) in [5.74, 6) is 0. The van der Waals surface area contributed by atoms with Gasteiger partial charge >= 0.3 is 0 Å². The minimum Gasteiger partial charge on any atom is -0.266 e. The summed E-state index contributed by atoms with van der Waals surface area (Å²) in [5, 5.41) is 4.84. The summed E-state index contributed by atoms with van der Waals surface area (Å²) in [6.07, 6.45) is 0. The molecule has 0 bridgehead atoms. The van der Waals surface area contributed by atoms with E-state index in [1.807, 2.05) is 12.1 Å². The first-order chi connectivity index (χ1) is 8.06. The van der Waals surface area contributed by atoms with Crippen molar-refractivity contribution < 1.29 is 0 Å². The molecule has 0 aliphatic heterocycles. The van der Waals surface area contributed by atoms with Gasteiger partial charge in [0.25, 0.3) is 5.56 Å². The van der Waals surface area contributed by atoms with Crippen LogP contribution in [0.1, 0.15) is 5.56 Å². The van der Waals surface area contributed by atoms with E-state index in [9.17, 15) is 4.79 Å². The Kier molecular flexibility index (Phi) is 3.86. The third-order valence-corrected chi connectivity index (χ3v) is 3.11. The molecule has 0 radical (unpaired) electrons. The molecule has 2 aromatic rings. The number of nitrogens with zero attached hydrogens (tertiary/aromatic N) is 2. The number of aromatic nitrogens is 2. The van der Waals surface area contributed by atoms with Crippen molar-refractivity contribution in [2.75, 3.05) is 0 Å². The van der Waals surface area contributed by atoms with Gasteiger partial charge in [0.1, 0.15) is 0 Å². The number of hydrogen-bond acceptors (Lipinski definition) is 2. The average Bonchev–Trinajstić information content (AvgIpc) is 2.25. The Bertz CT molecular complexity index is 613. The minimum atomic E-state index is -0.227. The van der Waals surface area contributed by atoms with Gasteiger partial charge < -0.3 is 0 Å². The summed E-state index contributed by atoms with van der Waals surface area (Å²) in [7, 11) is 0. The zero-order valence-corrected chi connectivity index (χ0v) is 11.6. The fourth-order valence-corrected chi connectivity index (χ4v) is 2.36. The fourth-order valence-electron chi connectivity index (χ4n) is 1.39. The lowest BCUT2D eigenvalue weighted by atomic mass is 10.2. The van der Waals surface area contributed by atoms with Crippen LogP contribution >= 0.6 is 39.1 Å². The smallest absolute Gasteiger partial charge is 0.266 e. The van der Waals surface area contributed by atoms with Crippen molar-refractivity contribution in [3.05, 3.63) is 60.9 Å². The van der Waals surface area contributed by atoms with Crippen molar-refractivity contribution >= 4 is 39.1 Å². The van der Waals surface area contributed by atoms with Gasteiger partial charge in [-0.2, -0.15) is 5.10 Å². The van der Waals surface area contributed by atoms with E-state index in [1.165, 1.54) is 10.7 Å². The third-order valence-electron chi connectivity index (χ3n) is 2.12. The number of hydrogen-bond donors (Lipinski definition) is 0. The van der Waals surface area contributed by atoms with Gasteiger partial charge in [0, 0.05) is 5.02 Å². The van der Waals surface area contributed by atoms with Gasteiger partial charge in [-0.3, -0.25) is 4.79 Å². The van der Waals surface area contributed by atoms with Gasteiger partial charge in [-0.15, -0.1) is 0 Å². The van der Waals surface area contributed by atoms with Crippen LogP contribution in [0, 0.1) is 0 Å². The maximum absolute atomic E-state index is 11.8. The molecule has 3 nitrogen and oxygen atoms in total. The summed E-state index contributed by atoms with van der Waals surface area (Å²) in [6.45, 7) is 0.332. The van der Waals surface area contributed by atoms with Crippen LogP contribution in [0.5, 0.6) is 0 Å². The van der Waals surface area contributed by atoms with Crippen molar-refractivity contribution in [1.82, 2.24) is 9.78 Å². The highest BCUT2D eigenvalue weighted by Crippen LogP contribution is 2.13. The molecule has 0 saturated heterocycles. The lowest BCUT2D eigenvalue weighted by Gasteiger charge is -2.06. The van der Waals surface area contributed by atoms with Crippen LogP contribution in [-0.4, -0.2) is 9.78 Å². The zero-order valence-electron chi connectivity index (χ0n) is 8.53. The number of benzene rings is 1. The quantitative estimate of drug-likeness (QED) is 0.844. The molecule has 0 spiro atoms. The predicted octanol–water partition coefficient (Wildman–Crippen LogP) is 3.36. The molecule has 1 heterocycles. The molecule has 0 N–H and O–H groups in total. The first kappa shape index (κ1) is 12.6. The molecular weight excluding hydrogens is 327 g/mol. The highest BCUT2D eigenvalue weighted by Gasteiger charge is 2.05. The summed E-state index contributed by atoms with van der Waals surface area (Å²) < 4.78 is 1.68. The molecule has 1 aromatic carbocycles. The SMILES string of the molecule is O=c1c(Br)cc(Cl)nn1Cc1cccc(Cl)c1. The first-order valence-corrected chi connectivity index (χ1v) is 6.29. The number of halogens is 3. The Morgan fingerprint density at radius 2 is 2.06 bits per heavy atom. The van der Waals surface area contributed by atoms with Crippen LogP contribution in [-0.2, 0) is 6.54 Å². The summed E-state index contributed by atoms with van der Waals surface area (Å²) in [4.78, 5) is 11.8. The van der Waals surface area contributed by atoms with E-state index in [1.54, 1.807) is 12.1 Å². The molecule has 2 rings (SSSR count). The second kappa shape index (κ2) is 5.21. The van der Waals surface area contributed by atoms with Crippen LogP contribution in [0.4, 0.5) is 0 Å². The Hall–Kier alpha value is -0.840. The monoisotopic (exact) mass is 332 g/mol. The Morgan fingerprint density at radius 1 is 1.29 bits per heavy atom. The average molecular weight is 334 g/mol. The molecule has 0 atom stereocenters. The van der Waals surface area contributed by atoms with Crippen molar-refractivity contribution in [2.24, 2.45) is 0 Å². The maximum atomic E-state index is 11.8. The third kappa shape index (κ3) is 3.09. The normalized spacial score (nSPS) is 10.5. The lowest BCUT2D eigenvalue weighted by molar-refractivity contribution is 0.636. The fraction of sp³-hybridized carbons (Fsp3) is 0.0909. The van der Waals surface area contributed by atoms with Gasteiger partial charge in [0.05, 0.1) is 11.0 Å². The molecule has 0 fully saturated rings. The Morgan fingerprint density at radius 3 is 2.76 bits per heavy atom. The molecule has 0 aliphatic rings. The van der Waals surface area contributed by atoms with Crippen LogP contribution in [0.15, 0.2) is 39.6 Å². The Labute approximate surface area is 116 Å². The zero-order chi connectivity index (χ0) is 12.4. The predicted molar refractivity (Wildman–Crippen MR) is 71.8 cm³/mol. The molecule has 1 aromatic heterocycles. The summed E-state index contributed by atoms with van der Waals surface area (Å²) >= 11 is 14.8. The van der Waals surface area contributed by atoms with Crippen molar-refractivity contribution in [1.29, 1.82) is 0 Å². The summed E-state index contributed by atoms with van der Waals surface area (Å²) in [6, 6.07) is 8.72. The Balaban J connectivity index is 2.40. The molecule has 0 unspecified atom stereocenters. The van der Waals surface area contributed by atoms with E-state index in [0.717, 1.165) is 5.56 Å². The summed E-state index contributed by atoms with van der Waals surface area (Å²) in [5.41, 5.74) is 0.663. The van der Waals surface area contributed by atoms with Crippen LogP contribution in [0.2, 0.25) is 10.2 Å². The standard InChI is InChI=1S/C11H7BrCl2N2O/c12-9-5-10(14)15-16(11(9)17)6-7-2-1-3-8(13)4-7/h1-5H,6H2. The highest BCUT2D eigenvalue weighted by atomic mass is 79.9. The van der Waals surface area contributed by atoms with Crippen molar-refractivity contribution in [2.45, 2.75) is 6.54 Å². The van der Waals surface area contributed by atoms with Gasteiger partial charge in [0.15, 0.2) is 5.15 Å². The second-order valence-electron chi connectivity index (χ2n) is 3.41. The van der Waals surface area contributed by atoms with Crippen LogP contribution in [0.3, 0.4) is 0 Å². The minimum absolute atomic E-state index is 0.227. The molecule has 88 valence electrons. The van der Waals surface area contributed by atoms with Gasteiger partial charge in [-0.25, -0.2) is 4.68 Å². The highest BCUT2D eigenvalue weighted by molar-refractivity contribution is 9.10. The van der Waals surface area contributed by atoms with E-state index in [2.05, 4.69) is 21.0 Å². The van der Waals surface area contributed by atoms with Crippen LogP contribution in [0.25, 0.3) is 0 Å². The molecule has 17 heavy (non-hydrogen) atoms.